The van der Waals surface area contributed by atoms with Crippen molar-refractivity contribution in [3.63, 3.8) is 0 Å². The van der Waals surface area contributed by atoms with E-state index in [2.05, 4.69) is 42.9 Å². The minimum absolute atomic E-state index is 0.0386. The number of rotatable bonds is 6. The molecule has 124 valence electrons. The van der Waals surface area contributed by atoms with Gasteiger partial charge in [0.15, 0.2) is 5.96 Å². The van der Waals surface area contributed by atoms with Crippen LogP contribution in [-0.4, -0.2) is 68.0 Å². The Morgan fingerprint density at radius 1 is 1.43 bits per heavy atom. The highest BCUT2D eigenvalue weighted by Gasteiger charge is 2.33. The predicted molar refractivity (Wildman–Crippen MR) is 86.6 cm³/mol. The molecule has 3 N–H and O–H groups in total. The summed E-state index contributed by atoms with van der Waals surface area (Å²) in [6.45, 7) is 13.8. The summed E-state index contributed by atoms with van der Waals surface area (Å²) in [5, 5.41) is 3.13. The molecule has 0 aliphatic carbocycles. The minimum atomic E-state index is -0.0386. The van der Waals surface area contributed by atoms with Crippen molar-refractivity contribution in [2.45, 2.75) is 58.4 Å². The zero-order chi connectivity index (χ0) is 16.0. The minimum Gasteiger partial charge on any atom is -0.383 e. The molecular formula is C15H32N4O2. The van der Waals surface area contributed by atoms with E-state index in [0.717, 1.165) is 13.1 Å². The van der Waals surface area contributed by atoms with Gasteiger partial charge in [0, 0.05) is 31.8 Å². The Morgan fingerprint density at radius 3 is 2.52 bits per heavy atom. The van der Waals surface area contributed by atoms with Gasteiger partial charge in [0.1, 0.15) is 0 Å². The van der Waals surface area contributed by atoms with Crippen LogP contribution in [0.15, 0.2) is 4.99 Å². The topological polar surface area (TPSA) is 72.1 Å². The number of hydrogen-bond acceptors (Lipinski definition) is 4. The first-order chi connectivity index (χ1) is 9.74. The molecule has 6 nitrogen and oxygen atoms in total. The number of hydrogen-bond donors (Lipinski definition) is 2. The molecule has 3 unspecified atom stereocenters. The molecule has 0 aromatic carbocycles. The first-order valence-corrected chi connectivity index (χ1v) is 7.70. The van der Waals surface area contributed by atoms with E-state index in [0.29, 0.717) is 19.1 Å². The molecule has 3 atom stereocenters. The summed E-state index contributed by atoms with van der Waals surface area (Å²) in [7, 11) is 1.68. The molecule has 0 bridgehead atoms. The summed E-state index contributed by atoms with van der Waals surface area (Å²) in [4.78, 5) is 6.92. The summed E-state index contributed by atoms with van der Waals surface area (Å²) in [6.07, 6.45) is 0.517. The van der Waals surface area contributed by atoms with Crippen LogP contribution in [0.4, 0.5) is 0 Å². The molecule has 21 heavy (non-hydrogen) atoms. The number of nitrogens with two attached hydrogens (primary N) is 1. The van der Waals surface area contributed by atoms with Crippen molar-refractivity contribution in [3.8, 4) is 0 Å². The molecule has 1 heterocycles. The van der Waals surface area contributed by atoms with E-state index >= 15 is 0 Å². The fraction of sp³-hybridized carbons (Fsp3) is 0.933. The molecule has 0 saturated carbocycles. The van der Waals surface area contributed by atoms with Crippen molar-refractivity contribution < 1.29 is 9.47 Å². The highest BCUT2D eigenvalue weighted by Crippen LogP contribution is 2.21. The van der Waals surface area contributed by atoms with Gasteiger partial charge in [0.05, 0.1) is 25.4 Å². The number of nitrogens with one attached hydrogen (secondary N) is 1. The zero-order valence-electron chi connectivity index (χ0n) is 14.3. The normalized spacial score (nSPS) is 26.7. The number of nitrogens with zero attached hydrogens (tertiary/aromatic N) is 2. The number of guanidine groups is 1. The average molecular weight is 300 g/mol. The molecule has 0 aromatic rings. The molecule has 0 radical (unpaired) electrons. The van der Waals surface area contributed by atoms with Crippen LogP contribution in [0.25, 0.3) is 0 Å². The molecule has 1 aliphatic rings. The second-order valence-electron chi connectivity index (χ2n) is 6.68. The number of aliphatic imine (C=N–C) groups is 1. The van der Waals surface area contributed by atoms with E-state index in [-0.39, 0.29) is 23.8 Å². The van der Waals surface area contributed by atoms with E-state index < -0.39 is 0 Å². The smallest absolute Gasteiger partial charge is 0.188 e. The highest BCUT2D eigenvalue weighted by molar-refractivity contribution is 5.78. The lowest BCUT2D eigenvalue weighted by Gasteiger charge is -2.44. The Labute approximate surface area is 129 Å². The summed E-state index contributed by atoms with van der Waals surface area (Å²) >= 11 is 0. The lowest BCUT2D eigenvalue weighted by Crippen LogP contribution is -2.56. The Morgan fingerprint density at radius 2 is 2.00 bits per heavy atom. The molecule has 1 aliphatic heterocycles. The van der Waals surface area contributed by atoms with Gasteiger partial charge >= 0.3 is 0 Å². The fourth-order valence-electron chi connectivity index (χ4n) is 2.64. The highest BCUT2D eigenvalue weighted by atomic mass is 16.5. The summed E-state index contributed by atoms with van der Waals surface area (Å²) in [5.74, 6) is 0.474. The van der Waals surface area contributed by atoms with Crippen molar-refractivity contribution in [2.75, 3.05) is 33.4 Å². The molecule has 0 amide bonds. The Kier molecular flexibility index (Phi) is 6.90. The average Bonchev–Trinajstić information content (AvgIpc) is 2.35. The van der Waals surface area contributed by atoms with Gasteiger partial charge in [-0.25, -0.2) is 0 Å². The predicted octanol–water partition coefficient (Wildman–Crippen LogP) is 0.813. The van der Waals surface area contributed by atoms with Crippen molar-refractivity contribution in [3.05, 3.63) is 0 Å². The molecular weight excluding hydrogens is 268 g/mol. The third kappa shape index (κ3) is 6.20. The van der Waals surface area contributed by atoms with Crippen molar-refractivity contribution in [1.29, 1.82) is 0 Å². The maximum absolute atomic E-state index is 5.94. The maximum atomic E-state index is 5.94. The molecule has 1 rings (SSSR count). The first-order valence-electron chi connectivity index (χ1n) is 7.70. The monoisotopic (exact) mass is 300 g/mol. The molecule has 6 heteroatoms. The van der Waals surface area contributed by atoms with Gasteiger partial charge in [0.25, 0.3) is 0 Å². The molecule has 0 spiro atoms. The third-order valence-corrected chi connectivity index (χ3v) is 3.72. The zero-order valence-corrected chi connectivity index (χ0v) is 14.3. The van der Waals surface area contributed by atoms with Gasteiger partial charge in [-0.15, -0.1) is 0 Å². The van der Waals surface area contributed by atoms with E-state index in [1.54, 1.807) is 7.11 Å². The standard InChI is InChI=1S/C15H32N4O2/c1-11(9-20-6)18-14(16)17-10-15(4,5)19-7-12(2)21-13(3)8-19/h11-13H,7-10H2,1-6H3,(H3,16,17,18). The van der Waals surface area contributed by atoms with Gasteiger partial charge in [0.2, 0.25) is 0 Å². The van der Waals surface area contributed by atoms with Gasteiger partial charge in [-0.2, -0.15) is 0 Å². The third-order valence-electron chi connectivity index (χ3n) is 3.72. The summed E-state index contributed by atoms with van der Waals surface area (Å²) in [5.41, 5.74) is 5.90. The van der Waals surface area contributed by atoms with E-state index in [1.165, 1.54) is 0 Å². The Hall–Kier alpha value is -0.850. The molecule has 1 saturated heterocycles. The van der Waals surface area contributed by atoms with Crippen LogP contribution < -0.4 is 11.1 Å². The van der Waals surface area contributed by atoms with E-state index in [9.17, 15) is 0 Å². The number of ether oxygens (including phenoxy) is 2. The SMILES string of the molecule is COCC(C)NC(N)=NCC(C)(C)N1CC(C)OC(C)C1. The van der Waals surface area contributed by atoms with Gasteiger partial charge in [-0.1, -0.05) is 0 Å². The van der Waals surface area contributed by atoms with Crippen LogP contribution in [0, 0.1) is 0 Å². The first kappa shape index (κ1) is 18.2. The van der Waals surface area contributed by atoms with Crippen molar-refractivity contribution >= 4 is 5.96 Å². The molecule has 1 fully saturated rings. The van der Waals surface area contributed by atoms with Crippen LogP contribution in [0.1, 0.15) is 34.6 Å². The molecule has 0 aromatic heterocycles. The van der Waals surface area contributed by atoms with Crippen LogP contribution in [0.2, 0.25) is 0 Å². The Bertz CT molecular complexity index is 337. The maximum Gasteiger partial charge on any atom is 0.188 e. The van der Waals surface area contributed by atoms with E-state index in [4.69, 9.17) is 15.2 Å². The largest absolute Gasteiger partial charge is 0.383 e. The summed E-state index contributed by atoms with van der Waals surface area (Å²) < 4.78 is 10.9. The fourth-order valence-corrected chi connectivity index (χ4v) is 2.64. The number of methoxy groups -OCH3 is 1. The second kappa shape index (κ2) is 7.96. The van der Waals surface area contributed by atoms with Gasteiger partial charge in [-0.3, -0.25) is 9.89 Å². The van der Waals surface area contributed by atoms with Gasteiger partial charge < -0.3 is 20.5 Å². The van der Waals surface area contributed by atoms with Gasteiger partial charge in [-0.05, 0) is 34.6 Å². The lowest BCUT2D eigenvalue weighted by molar-refractivity contribution is -0.0939. The van der Waals surface area contributed by atoms with Crippen LogP contribution in [-0.2, 0) is 9.47 Å². The van der Waals surface area contributed by atoms with Crippen molar-refractivity contribution in [2.24, 2.45) is 10.7 Å². The second-order valence-corrected chi connectivity index (χ2v) is 6.68. The van der Waals surface area contributed by atoms with Crippen LogP contribution in [0.5, 0.6) is 0 Å². The van der Waals surface area contributed by atoms with Crippen LogP contribution in [0.3, 0.4) is 0 Å². The number of morpholine rings is 1. The lowest BCUT2D eigenvalue weighted by atomic mass is 10.0. The van der Waals surface area contributed by atoms with E-state index in [1.807, 2.05) is 6.92 Å². The quantitative estimate of drug-likeness (QED) is 0.561. The van der Waals surface area contributed by atoms with Crippen molar-refractivity contribution in [1.82, 2.24) is 10.2 Å². The Balaban J connectivity index is 2.54. The summed E-state index contributed by atoms with van der Waals surface area (Å²) in [6, 6.07) is 0.158. The van der Waals surface area contributed by atoms with Crippen LogP contribution >= 0.6 is 0 Å².